The Labute approximate surface area is 101 Å². The zero-order valence-electron chi connectivity index (χ0n) is 11.0. The number of likely N-dealkylation sites (tertiary alicyclic amines) is 1. The molecule has 0 aromatic carbocycles. The fourth-order valence-corrected chi connectivity index (χ4v) is 2.12. The Kier molecular flexibility index (Phi) is 7.81. The third-order valence-electron chi connectivity index (χ3n) is 3.27. The van der Waals surface area contributed by atoms with E-state index in [1.54, 1.807) is 0 Å². The highest BCUT2D eigenvalue weighted by atomic mass is 16.5. The van der Waals surface area contributed by atoms with Gasteiger partial charge in [-0.3, -0.25) is 4.90 Å². The van der Waals surface area contributed by atoms with Crippen molar-refractivity contribution in [3.8, 4) is 0 Å². The van der Waals surface area contributed by atoms with Crippen LogP contribution in [-0.4, -0.2) is 50.3 Å². The van der Waals surface area contributed by atoms with Gasteiger partial charge in [0.1, 0.15) is 0 Å². The van der Waals surface area contributed by atoms with Gasteiger partial charge >= 0.3 is 0 Å². The SMILES string of the molecule is CCCCOCCNCC(C)N1CCCC1. The summed E-state index contributed by atoms with van der Waals surface area (Å²) < 4.78 is 5.51. The smallest absolute Gasteiger partial charge is 0.0590 e. The van der Waals surface area contributed by atoms with E-state index >= 15 is 0 Å². The molecule has 1 unspecified atom stereocenters. The van der Waals surface area contributed by atoms with Crippen LogP contribution in [0.3, 0.4) is 0 Å². The lowest BCUT2D eigenvalue weighted by Crippen LogP contribution is -2.39. The lowest BCUT2D eigenvalue weighted by molar-refractivity contribution is 0.131. The fraction of sp³-hybridized carbons (Fsp3) is 1.00. The molecule has 96 valence electrons. The summed E-state index contributed by atoms with van der Waals surface area (Å²) in [5, 5.41) is 3.47. The normalized spacial score (nSPS) is 19.1. The topological polar surface area (TPSA) is 24.5 Å². The van der Waals surface area contributed by atoms with Crippen molar-refractivity contribution in [1.29, 1.82) is 0 Å². The van der Waals surface area contributed by atoms with Crippen molar-refractivity contribution in [1.82, 2.24) is 10.2 Å². The van der Waals surface area contributed by atoms with E-state index in [0.29, 0.717) is 6.04 Å². The highest BCUT2D eigenvalue weighted by Gasteiger charge is 2.16. The summed E-state index contributed by atoms with van der Waals surface area (Å²) in [6, 6.07) is 0.679. The van der Waals surface area contributed by atoms with E-state index in [4.69, 9.17) is 4.74 Å². The zero-order valence-corrected chi connectivity index (χ0v) is 11.0. The largest absolute Gasteiger partial charge is 0.380 e. The van der Waals surface area contributed by atoms with Crippen LogP contribution in [0.2, 0.25) is 0 Å². The third-order valence-corrected chi connectivity index (χ3v) is 3.27. The fourth-order valence-electron chi connectivity index (χ4n) is 2.12. The third kappa shape index (κ3) is 5.83. The van der Waals surface area contributed by atoms with Crippen molar-refractivity contribution in [2.45, 2.75) is 45.6 Å². The summed E-state index contributed by atoms with van der Waals surface area (Å²) in [5.41, 5.74) is 0. The Morgan fingerprint density at radius 2 is 2.00 bits per heavy atom. The first-order valence-corrected chi connectivity index (χ1v) is 6.87. The van der Waals surface area contributed by atoms with Gasteiger partial charge in [-0.05, 0) is 39.3 Å². The second-order valence-electron chi connectivity index (χ2n) is 4.76. The van der Waals surface area contributed by atoms with Gasteiger partial charge in [0, 0.05) is 25.7 Å². The molecule has 0 amide bonds. The van der Waals surface area contributed by atoms with Crippen molar-refractivity contribution in [2.75, 3.05) is 39.4 Å². The van der Waals surface area contributed by atoms with Crippen LogP contribution in [0.1, 0.15) is 39.5 Å². The molecule has 1 atom stereocenters. The minimum Gasteiger partial charge on any atom is -0.380 e. The quantitative estimate of drug-likeness (QED) is 0.610. The Hall–Kier alpha value is -0.120. The van der Waals surface area contributed by atoms with Crippen LogP contribution in [0.5, 0.6) is 0 Å². The zero-order chi connectivity index (χ0) is 11.6. The summed E-state index contributed by atoms with van der Waals surface area (Å²) in [5.74, 6) is 0. The molecule has 0 spiro atoms. The molecule has 0 saturated carbocycles. The van der Waals surface area contributed by atoms with Crippen LogP contribution in [0.15, 0.2) is 0 Å². The predicted octanol–water partition coefficient (Wildman–Crippen LogP) is 1.88. The number of hydrogen-bond acceptors (Lipinski definition) is 3. The van der Waals surface area contributed by atoms with Gasteiger partial charge in [0.2, 0.25) is 0 Å². The van der Waals surface area contributed by atoms with Gasteiger partial charge in [-0.2, -0.15) is 0 Å². The molecule has 0 radical (unpaired) electrons. The van der Waals surface area contributed by atoms with E-state index in [2.05, 4.69) is 24.1 Å². The van der Waals surface area contributed by atoms with Crippen molar-refractivity contribution >= 4 is 0 Å². The van der Waals surface area contributed by atoms with E-state index in [-0.39, 0.29) is 0 Å². The molecular weight excluding hydrogens is 200 g/mol. The number of unbranched alkanes of at least 4 members (excludes halogenated alkanes) is 1. The summed E-state index contributed by atoms with van der Waals surface area (Å²) in [7, 11) is 0. The Morgan fingerprint density at radius 1 is 1.25 bits per heavy atom. The van der Waals surface area contributed by atoms with E-state index < -0.39 is 0 Å². The minimum absolute atomic E-state index is 0.679. The Balaban J connectivity index is 1.86. The predicted molar refractivity (Wildman–Crippen MR) is 68.9 cm³/mol. The number of ether oxygens (including phenoxy) is 1. The van der Waals surface area contributed by atoms with Gasteiger partial charge in [-0.1, -0.05) is 13.3 Å². The van der Waals surface area contributed by atoms with Gasteiger partial charge in [-0.25, -0.2) is 0 Å². The summed E-state index contributed by atoms with van der Waals surface area (Å²) in [6.07, 6.45) is 5.17. The van der Waals surface area contributed by atoms with Gasteiger partial charge < -0.3 is 10.1 Å². The number of rotatable bonds is 9. The molecule has 1 fully saturated rings. The van der Waals surface area contributed by atoms with Gasteiger partial charge in [0.15, 0.2) is 0 Å². The van der Waals surface area contributed by atoms with Gasteiger partial charge in [0.25, 0.3) is 0 Å². The molecule has 3 heteroatoms. The van der Waals surface area contributed by atoms with Crippen molar-refractivity contribution in [2.24, 2.45) is 0 Å². The standard InChI is InChI=1S/C13H28N2O/c1-3-4-10-16-11-7-14-12-13(2)15-8-5-6-9-15/h13-14H,3-12H2,1-2H3. The summed E-state index contributed by atoms with van der Waals surface area (Å²) >= 11 is 0. The summed E-state index contributed by atoms with van der Waals surface area (Å²) in [6.45, 7) is 10.9. The molecule has 0 bridgehead atoms. The highest BCUT2D eigenvalue weighted by Crippen LogP contribution is 2.10. The Morgan fingerprint density at radius 3 is 2.69 bits per heavy atom. The van der Waals surface area contributed by atoms with Crippen LogP contribution in [-0.2, 0) is 4.74 Å². The molecule has 1 saturated heterocycles. The van der Waals surface area contributed by atoms with E-state index in [0.717, 1.165) is 26.3 Å². The van der Waals surface area contributed by atoms with Crippen LogP contribution in [0, 0.1) is 0 Å². The molecule has 1 rings (SSSR count). The van der Waals surface area contributed by atoms with Crippen LogP contribution < -0.4 is 5.32 Å². The monoisotopic (exact) mass is 228 g/mol. The molecule has 16 heavy (non-hydrogen) atoms. The number of hydrogen-bond donors (Lipinski definition) is 1. The molecule has 1 aliphatic rings. The van der Waals surface area contributed by atoms with Gasteiger partial charge in [-0.15, -0.1) is 0 Å². The van der Waals surface area contributed by atoms with Crippen LogP contribution in [0.25, 0.3) is 0 Å². The molecule has 1 heterocycles. The molecule has 0 aromatic rings. The lowest BCUT2D eigenvalue weighted by Gasteiger charge is -2.23. The molecule has 3 nitrogen and oxygen atoms in total. The second kappa shape index (κ2) is 8.97. The van der Waals surface area contributed by atoms with Crippen molar-refractivity contribution in [3.05, 3.63) is 0 Å². The first kappa shape index (κ1) is 13.9. The van der Waals surface area contributed by atoms with E-state index in [9.17, 15) is 0 Å². The molecule has 0 aliphatic carbocycles. The van der Waals surface area contributed by atoms with Gasteiger partial charge in [0.05, 0.1) is 6.61 Å². The molecule has 0 aromatic heterocycles. The number of nitrogens with zero attached hydrogens (tertiary/aromatic N) is 1. The average Bonchev–Trinajstić information content (AvgIpc) is 2.81. The van der Waals surface area contributed by atoms with Crippen LogP contribution in [0.4, 0.5) is 0 Å². The van der Waals surface area contributed by atoms with Crippen molar-refractivity contribution in [3.63, 3.8) is 0 Å². The maximum Gasteiger partial charge on any atom is 0.0590 e. The average molecular weight is 228 g/mol. The molecular formula is C13H28N2O. The molecule has 1 aliphatic heterocycles. The van der Waals surface area contributed by atoms with Crippen molar-refractivity contribution < 1.29 is 4.74 Å². The first-order valence-electron chi connectivity index (χ1n) is 6.87. The Bertz CT molecular complexity index is 158. The minimum atomic E-state index is 0.679. The van der Waals surface area contributed by atoms with E-state index in [1.165, 1.54) is 38.8 Å². The molecule has 1 N–H and O–H groups in total. The lowest BCUT2D eigenvalue weighted by atomic mass is 10.3. The maximum atomic E-state index is 5.51. The maximum absolute atomic E-state index is 5.51. The van der Waals surface area contributed by atoms with E-state index in [1.807, 2.05) is 0 Å². The number of nitrogens with one attached hydrogen (secondary N) is 1. The second-order valence-corrected chi connectivity index (χ2v) is 4.76. The first-order chi connectivity index (χ1) is 7.84. The summed E-state index contributed by atoms with van der Waals surface area (Å²) in [4.78, 5) is 2.57. The highest BCUT2D eigenvalue weighted by molar-refractivity contribution is 4.74. The van der Waals surface area contributed by atoms with Crippen LogP contribution >= 0.6 is 0 Å².